The van der Waals surface area contributed by atoms with Gasteiger partial charge >= 0.3 is 0 Å². The zero-order valence-electron chi connectivity index (χ0n) is 14.0. The van der Waals surface area contributed by atoms with E-state index in [2.05, 4.69) is 24.3 Å². The summed E-state index contributed by atoms with van der Waals surface area (Å²) < 4.78 is 11.0. The molecule has 124 valence electrons. The highest BCUT2D eigenvalue weighted by Crippen LogP contribution is 2.43. The van der Waals surface area contributed by atoms with Gasteiger partial charge in [0.2, 0.25) is 0 Å². The van der Waals surface area contributed by atoms with Crippen LogP contribution in [0.5, 0.6) is 11.5 Å². The Kier molecular flexibility index (Phi) is 3.98. The molecule has 0 aliphatic carbocycles. The van der Waals surface area contributed by atoms with E-state index in [9.17, 15) is 0 Å². The number of methoxy groups -OCH3 is 2. The van der Waals surface area contributed by atoms with Gasteiger partial charge in [-0.05, 0) is 34.0 Å². The maximum absolute atomic E-state index is 6.52. The first-order valence-corrected chi connectivity index (χ1v) is 8.43. The summed E-state index contributed by atoms with van der Waals surface area (Å²) in [5.74, 6) is 1.57. The second kappa shape index (κ2) is 6.30. The number of halogens is 1. The number of benzene rings is 4. The number of rotatable bonds is 3. The third kappa shape index (κ3) is 2.50. The minimum Gasteiger partial charge on any atom is -0.496 e. The van der Waals surface area contributed by atoms with Crippen LogP contribution in [0.15, 0.2) is 66.7 Å². The molecule has 4 aromatic rings. The zero-order chi connectivity index (χ0) is 17.4. The molecule has 25 heavy (non-hydrogen) atoms. The predicted octanol–water partition coefficient (Wildman–Crippen LogP) is 6.33. The highest BCUT2D eigenvalue weighted by molar-refractivity contribution is 6.34. The SMILES string of the molecule is COc1ccc(-c2cc(Cl)c(OC)c3ccccc23)c2ccccc12. The highest BCUT2D eigenvalue weighted by Gasteiger charge is 2.15. The monoisotopic (exact) mass is 348 g/mol. The van der Waals surface area contributed by atoms with E-state index in [1.54, 1.807) is 14.2 Å². The van der Waals surface area contributed by atoms with E-state index in [0.717, 1.165) is 38.4 Å². The van der Waals surface area contributed by atoms with Crippen LogP contribution < -0.4 is 9.47 Å². The van der Waals surface area contributed by atoms with Gasteiger partial charge in [-0.1, -0.05) is 66.2 Å². The number of hydrogen-bond acceptors (Lipinski definition) is 2. The quantitative estimate of drug-likeness (QED) is 0.430. The molecule has 0 radical (unpaired) electrons. The van der Waals surface area contributed by atoms with E-state index in [-0.39, 0.29) is 0 Å². The van der Waals surface area contributed by atoms with Gasteiger partial charge in [0.1, 0.15) is 11.5 Å². The van der Waals surface area contributed by atoms with Gasteiger partial charge in [0.15, 0.2) is 0 Å². The molecular formula is C22H17ClO2. The van der Waals surface area contributed by atoms with Gasteiger partial charge in [-0.2, -0.15) is 0 Å². The molecule has 3 heteroatoms. The lowest BCUT2D eigenvalue weighted by Gasteiger charge is -2.15. The number of ether oxygens (including phenoxy) is 2. The van der Waals surface area contributed by atoms with Crippen LogP contribution in [-0.4, -0.2) is 14.2 Å². The molecule has 0 unspecified atom stereocenters. The van der Waals surface area contributed by atoms with E-state index >= 15 is 0 Å². The average Bonchev–Trinajstić information content (AvgIpc) is 2.66. The van der Waals surface area contributed by atoms with Crippen molar-refractivity contribution in [2.75, 3.05) is 14.2 Å². The Morgan fingerprint density at radius 1 is 0.640 bits per heavy atom. The fourth-order valence-electron chi connectivity index (χ4n) is 3.43. The lowest BCUT2D eigenvalue weighted by atomic mass is 9.93. The standard InChI is InChI=1S/C22H17ClO2/c1-24-21-12-11-16(14-7-3-5-9-17(14)21)19-13-20(23)22(25-2)18-10-6-4-8-15(18)19/h3-13H,1-2H3. The van der Waals surface area contributed by atoms with Crippen LogP contribution in [0.4, 0.5) is 0 Å². The lowest BCUT2D eigenvalue weighted by molar-refractivity contribution is 0.419. The van der Waals surface area contributed by atoms with E-state index in [4.69, 9.17) is 21.1 Å². The molecular weight excluding hydrogens is 332 g/mol. The van der Waals surface area contributed by atoms with Gasteiger partial charge in [-0.15, -0.1) is 0 Å². The average molecular weight is 349 g/mol. The zero-order valence-corrected chi connectivity index (χ0v) is 14.8. The van der Waals surface area contributed by atoms with Crippen molar-refractivity contribution in [3.8, 4) is 22.6 Å². The van der Waals surface area contributed by atoms with Crippen molar-refractivity contribution in [1.82, 2.24) is 0 Å². The minimum atomic E-state index is 0.607. The van der Waals surface area contributed by atoms with Crippen molar-refractivity contribution < 1.29 is 9.47 Å². The molecule has 2 nitrogen and oxygen atoms in total. The van der Waals surface area contributed by atoms with Gasteiger partial charge in [0, 0.05) is 10.8 Å². The van der Waals surface area contributed by atoms with Crippen molar-refractivity contribution in [3.05, 3.63) is 71.8 Å². The summed E-state index contributed by atoms with van der Waals surface area (Å²) in [7, 11) is 3.34. The van der Waals surface area contributed by atoms with Gasteiger partial charge in [0.05, 0.1) is 19.2 Å². The van der Waals surface area contributed by atoms with Crippen LogP contribution in [0.25, 0.3) is 32.7 Å². The van der Waals surface area contributed by atoms with Crippen molar-refractivity contribution in [2.24, 2.45) is 0 Å². The number of fused-ring (bicyclic) bond motifs is 2. The molecule has 0 spiro atoms. The first kappa shape index (κ1) is 15.8. The highest BCUT2D eigenvalue weighted by atomic mass is 35.5. The fraction of sp³-hybridized carbons (Fsp3) is 0.0909. The third-order valence-corrected chi connectivity index (χ3v) is 4.83. The summed E-state index contributed by atoms with van der Waals surface area (Å²) >= 11 is 6.52. The Hall–Kier alpha value is -2.71. The summed E-state index contributed by atoms with van der Waals surface area (Å²) in [4.78, 5) is 0. The maximum atomic E-state index is 6.52. The van der Waals surface area contributed by atoms with Crippen LogP contribution in [0, 0.1) is 0 Å². The predicted molar refractivity (Wildman–Crippen MR) is 105 cm³/mol. The Labute approximate surface area is 151 Å². The van der Waals surface area contributed by atoms with E-state index in [0.29, 0.717) is 10.8 Å². The van der Waals surface area contributed by atoms with Crippen molar-refractivity contribution in [1.29, 1.82) is 0 Å². The lowest BCUT2D eigenvalue weighted by Crippen LogP contribution is -1.91. The molecule has 0 fully saturated rings. The molecule has 0 saturated heterocycles. The summed E-state index contributed by atoms with van der Waals surface area (Å²) in [5.41, 5.74) is 2.21. The summed E-state index contributed by atoms with van der Waals surface area (Å²) in [6.45, 7) is 0. The fourth-order valence-corrected chi connectivity index (χ4v) is 3.72. The first-order chi connectivity index (χ1) is 12.2. The third-order valence-electron chi connectivity index (χ3n) is 4.55. The van der Waals surface area contributed by atoms with Crippen LogP contribution in [0.1, 0.15) is 0 Å². The molecule has 0 aliphatic rings. The van der Waals surface area contributed by atoms with Crippen molar-refractivity contribution >= 4 is 33.1 Å². The Morgan fingerprint density at radius 3 is 1.88 bits per heavy atom. The summed E-state index contributed by atoms with van der Waals surface area (Å²) in [5, 5.41) is 4.94. The van der Waals surface area contributed by atoms with Crippen molar-refractivity contribution in [3.63, 3.8) is 0 Å². The Balaban J connectivity index is 2.12. The second-order valence-electron chi connectivity index (χ2n) is 5.85. The largest absolute Gasteiger partial charge is 0.496 e. The Bertz CT molecular complexity index is 1090. The molecule has 0 heterocycles. The molecule has 0 saturated carbocycles. The molecule has 0 aromatic heterocycles. The summed E-state index contributed by atoms with van der Waals surface area (Å²) in [6.07, 6.45) is 0. The number of hydrogen-bond donors (Lipinski definition) is 0. The second-order valence-corrected chi connectivity index (χ2v) is 6.25. The molecule has 4 rings (SSSR count). The van der Waals surface area contributed by atoms with Gasteiger partial charge in [-0.25, -0.2) is 0 Å². The molecule has 0 bridgehead atoms. The molecule has 0 aliphatic heterocycles. The molecule has 0 amide bonds. The smallest absolute Gasteiger partial charge is 0.145 e. The molecule has 0 atom stereocenters. The van der Waals surface area contributed by atoms with Crippen LogP contribution in [0.3, 0.4) is 0 Å². The minimum absolute atomic E-state index is 0.607. The normalized spacial score (nSPS) is 11.0. The topological polar surface area (TPSA) is 18.5 Å². The van der Waals surface area contributed by atoms with E-state index < -0.39 is 0 Å². The van der Waals surface area contributed by atoms with Crippen LogP contribution in [-0.2, 0) is 0 Å². The van der Waals surface area contributed by atoms with Crippen LogP contribution in [0.2, 0.25) is 5.02 Å². The van der Waals surface area contributed by atoms with Crippen LogP contribution >= 0.6 is 11.6 Å². The van der Waals surface area contributed by atoms with E-state index in [1.807, 2.05) is 42.5 Å². The van der Waals surface area contributed by atoms with Crippen molar-refractivity contribution in [2.45, 2.75) is 0 Å². The van der Waals surface area contributed by atoms with Gasteiger partial charge in [-0.3, -0.25) is 0 Å². The molecule has 4 aromatic carbocycles. The first-order valence-electron chi connectivity index (χ1n) is 8.06. The van der Waals surface area contributed by atoms with Gasteiger partial charge < -0.3 is 9.47 Å². The summed E-state index contributed by atoms with van der Waals surface area (Å²) in [6, 6.07) is 22.5. The maximum Gasteiger partial charge on any atom is 0.145 e. The Morgan fingerprint density at radius 2 is 1.24 bits per heavy atom. The molecule has 0 N–H and O–H groups in total. The van der Waals surface area contributed by atoms with E-state index in [1.165, 1.54) is 0 Å². The van der Waals surface area contributed by atoms with Gasteiger partial charge in [0.25, 0.3) is 0 Å².